The number of sulfone groups is 1. The fraction of sp³-hybridized carbons (Fsp3) is 0.250. The normalized spacial score (nSPS) is 12.5. The maximum absolute atomic E-state index is 13.7. The van der Waals surface area contributed by atoms with Gasteiger partial charge in [-0.15, -0.1) is 0 Å². The Balaban J connectivity index is 2.41. The molecule has 0 unspecified atom stereocenters. The lowest BCUT2D eigenvalue weighted by Crippen LogP contribution is -2.20. The standard InChI is InChI=1S/C24H25N3O5S2/c1-16-6-8-21(9-7-16)34(31,32)27-22-12-19(15-33(5,29)30)17(2)10-18(22)11-23(27)24(28)20(13-25)14-26(3)4/h6-12,14H,15H2,1-5H3/b20-14+. The van der Waals surface area contributed by atoms with Crippen molar-refractivity contribution in [3.8, 4) is 6.07 Å². The second kappa shape index (κ2) is 9.08. The third-order valence-electron chi connectivity index (χ3n) is 5.18. The Morgan fingerprint density at radius 1 is 1.06 bits per heavy atom. The van der Waals surface area contributed by atoms with Crippen molar-refractivity contribution < 1.29 is 21.6 Å². The van der Waals surface area contributed by atoms with Gasteiger partial charge in [0.05, 0.1) is 16.2 Å². The number of carbonyl (C=O) groups excluding carboxylic acids is 1. The Kier molecular flexibility index (Phi) is 6.73. The molecule has 1 heterocycles. The zero-order valence-corrected chi connectivity index (χ0v) is 21.2. The number of ketones is 1. The molecule has 0 saturated carbocycles. The predicted octanol–water partition coefficient (Wildman–Crippen LogP) is 3.19. The lowest BCUT2D eigenvalue weighted by molar-refractivity contribution is 0.103. The SMILES string of the molecule is Cc1ccc(S(=O)(=O)n2c(C(=O)/C(C#N)=C/N(C)C)cc3cc(C)c(CS(C)(=O)=O)cc32)cc1. The van der Waals surface area contributed by atoms with E-state index in [1.165, 1.54) is 35.4 Å². The molecule has 3 rings (SSSR count). The molecule has 0 atom stereocenters. The zero-order chi connectivity index (χ0) is 25.4. The molecule has 0 amide bonds. The molecule has 178 valence electrons. The van der Waals surface area contributed by atoms with E-state index in [0.717, 1.165) is 15.8 Å². The summed E-state index contributed by atoms with van der Waals surface area (Å²) in [5.74, 6) is -1.04. The number of rotatable bonds is 7. The first-order valence-electron chi connectivity index (χ1n) is 10.2. The van der Waals surface area contributed by atoms with Crippen LogP contribution >= 0.6 is 0 Å². The van der Waals surface area contributed by atoms with E-state index in [9.17, 15) is 26.9 Å². The summed E-state index contributed by atoms with van der Waals surface area (Å²) in [6, 6.07) is 12.6. The summed E-state index contributed by atoms with van der Waals surface area (Å²) in [6.45, 7) is 3.54. The van der Waals surface area contributed by atoms with Gasteiger partial charge in [0.15, 0.2) is 9.84 Å². The molecule has 0 fully saturated rings. The van der Waals surface area contributed by atoms with Crippen LogP contribution in [0.5, 0.6) is 0 Å². The smallest absolute Gasteiger partial charge is 0.268 e. The number of carbonyl (C=O) groups is 1. The van der Waals surface area contributed by atoms with Crippen LogP contribution in [0, 0.1) is 25.2 Å². The van der Waals surface area contributed by atoms with Crippen molar-refractivity contribution >= 4 is 36.5 Å². The van der Waals surface area contributed by atoms with Gasteiger partial charge in [0.25, 0.3) is 10.0 Å². The van der Waals surface area contributed by atoms with Crippen LogP contribution in [-0.2, 0) is 25.6 Å². The number of benzene rings is 2. The maximum Gasteiger partial charge on any atom is 0.268 e. The summed E-state index contributed by atoms with van der Waals surface area (Å²) in [7, 11) is -4.37. The highest BCUT2D eigenvalue weighted by atomic mass is 32.2. The number of hydrogen-bond donors (Lipinski definition) is 0. The zero-order valence-electron chi connectivity index (χ0n) is 19.5. The monoisotopic (exact) mass is 499 g/mol. The highest BCUT2D eigenvalue weighted by Gasteiger charge is 2.29. The second-order valence-corrected chi connectivity index (χ2v) is 12.4. The van der Waals surface area contributed by atoms with Crippen molar-refractivity contribution in [1.82, 2.24) is 8.87 Å². The van der Waals surface area contributed by atoms with Gasteiger partial charge in [0.2, 0.25) is 5.78 Å². The number of allylic oxidation sites excluding steroid dienone is 1. The fourth-order valence-electron chi connectivity index (χ4n) is 3.59. The van der Waals surface area contributed by atoms with Crippen molar-refractivity contribution in [1.29, 1.82) is 5.26 Å². The van der Waals surface area contributed by atoms with E-state index >= 15 is 0 Å². The van der Waals surface area contributed by atoms with E-state index in [0.29, 0.717) is 16.5 Å². The fourth-order valence-corrected chi connectivity index (χ4v) is 5.97. The van der Waals surface area contributed by atoms with Crippen LogP contribution in [0.15, 0.2) is 59.1 Å². The van der Waals surface area contributed by atoms with Crippen molar-refractivity contribution in [2.24, 2.45) is 0 Å². The molecule has 0 spiro atoms. The molecular weight excluding hydrogens is 474 g/mol. The number of aromatic nitrogens is 1. The predicted molar refractivity (Wildman–Crippen MR) is 131 cm³/mol. The van der Waals surface area contributed by atoms with E-state index in [1.54, 1.807) is 39.2 Å². The number of fused-ring (bicyclic) bond motifs is 1. The first-order chi connectivity index (χ1) is 15.7. The summed E-state index contributed by atoms with van der Waals surface area (Å²) in [4.78, 5) is 14.8. The van der Waals surface area contributed by atoms with Crippen molar-refractivity contribution in [3.63, 3.8) is 0 Å². The lowest BCUT2D eigenvalue weighted by atomic mass is 10.1. The largest absolute Gasteiger partial charge is 0.382 e. The molecular formula is C24H25N3O5S2. The van der Waals surface area contributed by atoms with Gasteiger partial charge in [-0.1, -0.05) is 17.7 Å². The Morgan fingerprint density at radius 3 is 2.21 bits per heavy atom. The number of aryl methyl sites for hydroxylation is 2. The van der Waals surface area contributed by atoms with Gasteiger partial charge in [-0.2, -0.15) is 5.26 Å². The number of Topliss-reactive ketones (excluding diaryl/α,β-unsaturated/α-hetero) is 1. The van der Waals surface area contributed by atoms with Gasteiger partial charge in [-0.05, 0) is 55.3 Å². The third kappa shape index (κ3) is 5.05. The van der Waals surface area contributed by atoms with Crippen LogP contribution in [0.4, 0.5) is 0 Å². The van der Waals surface area contributed by atoms with E-state index in [2.05, 4.69) is 0 Å². The van der Waals surface area contributed by atoms with E-state index < -0.39 is 25.6 Å². The Morgan fingerprint density at radius 2 is 1.68 bits per heavy atom. The summed E-state index contributed by atoms with van der Waals surface area (Å²) >= 11 is 0. The van der Waals surface area contributed by atoms with Crippen LogP contribution in [0.3, 0.4) is 0 Å². The van der Waals surface area contributed by atoms with Gasteiger partial charge in [-0.3, -0.25) is 4.79 Å². The minimum atomic E-state index is -4.26. The average Bonchev–Trinajstić information content (AvgIpc) is 3.09. The Labute approximate surface area is 199 Å². The number of nitrogens with zero attached hydrogens (tertiary/aromatic N) is 3. The van der Waals surface area contributed by atoms with E-state index in [4.69, 9.17) is 0 Å². The molecule has 0 aliphatic heterocycles. The van der Waals surface area contributed by atoms with E-state index in [1.807, 2.05) is 13.0 Å². The molecule has 0 aliphatic carbocycles. The van der Waals surface area contributed by atoms with Crippen molar-refractivity contribution in [2.45, 2.75) is 24.5 Å². The molecule has 10 heteroatoms. The average molecular weight is 500 g/mol. The summed E-state index contributed by atoms with van der Waals surface area (Å²) in [6.07, 6.45) is 2.42. The van der Waals surface area contributed by atoms with Gasteiger partial charge in [0, 0.05) is 31.9 Å². The number of hydrogen-bond acceptors (Lipinski definition) is 7. The number of nitriles is 1. The molecule has 0 aliphatic rings. The summed E-state index contributed by atoms with van der Waals surface area (Å²) in [5, 5.41) is 9.99. The summed E-state index contributed by atoms with van der Waals surface area (Å²) < 4.78 is 52.3. The Bertz CT molecular complexity index is 1570. The van der Waals surface area contributed by atoms with E-state index in [-0.39, 0.29) is 27.4 Å². The van der Waals surface area contributed by atoms with Gasteiger partial charge >= 0.3 is 0 Å². The summed E-state index contributed by atoms with van der Waals surface area (Å²) in [5.41, 5.74) is 1.65. The highest BCUT2D eigenvalue weighted by molar-refractivity contribution is 7.90. The first-order valence-corrected chi connectivity index (χ1v) is 13.7. The van der Waals surface area contributed by atoms with Crippen LogP contribution in [-0.4, -0.2) is 51.8 Å². The highest BCUT2D eigenvalue weighted by Crippen LogP contribution is 2.30. The minimum Gasteiger partial charge on any atom is -0.382 e. The topological polar surface area (TPSA) is 117 Å². The molecule has 2 aromatic carbocycles. The second-order valence-electron chi connectivity index (χ2n) is 8.47. The lowest BCUT2D eigenvalue weighted by Gasteiger charge is -2.13. The molecule has 0 saturated heterocycles. The van der Waals surface area contributed by atoms with Gasteiger partial charge < -0.3 is 4.90 Å². The molecule has 3 aromatic rings. The quantitative estimate of drug-likeness (QED) is 0.278. The minimum absolute atomic E-state index is 0.0371. The third-order valence-corrected chi connectivity index (χ3v) is 7.75. The molecule has 1 aromatic heterocycles. The van der Waals surface area contributed by atoms with Crippen LogP contribution in [0.2, 0.25) is 0 Å². The molecule has 34 heavy (non-hydrogen) atoms. The molecule has 0 N–H and O–H groups in total. The van der Waals surface area contributed by atoms with Crippen LogP contribution < -0.4 is 0 Å². The van der Waals surface area contributed by atoms with Crippen molar-refractivity contribution in [3.05, 3.63) is 76.6 Å². The van der Waals surface area contributed by atoms with Crippen molar-refractivity contribution in [2.75, 3.05) is 20.4 Å². The van der Waals surface area contributed by atoms with Gasteiger partial charge in [0.1, 0.15) is 17.3 Å². The van der Waals surface area contributed by atoms with Crippen LogP contribution in [0.25, 0.3) is 10.9 Å². The molecule has 8 nitrogen and oxygen atoms in total. The first kappa shape index (κ1) is 25.2. The molecule has 0 bridgehead atoms. The van der Waals surface area contributed by atoms with Crippen LogP contribution in [0.1, 0.15) is 27.2 Å². The van der Waals surface area contributed by atoms with Gasteiger partial charge in [-0.25, -0.2) is 20.8 Å². The maximum atomic E-state index is 13.7. The Hall–Kier alpha value is -3.42. The molecule has 0 radical (unpaired) electrons.